The molecule has 1 aromatic carbocycles. The monoisotopic (exact) mass is 346 g/mol. The average Bonchev–Trinajstić information content (AvgIpc) is 3.16. The van der Waals surface area contributed by atoms with E-state index < -0.39 is 0 Å². The van der Waals surface area contributed by atoms with Gasteiger partial charge in [-0.15, -0.1) is 0 Å². The molecule has 2 amide bonds. The molecule has 5 heteroatoms. The summed E-state index contributed by atoms with van der Waals surface area (Å²) in [6, 6.07) is 6.64. The highest BCUT2D eigenvalue weighted by atomic mass is 19.1. The summed E-state index contributed by atoms with van der Waals surface area (Å²) in [4.78, 5) is 28.8. The molecule has 0 aromatic heterocycles. The van der Waals surface area contributed by atoms with E-state index in [0.717, 1.165) is 38.8 Å². The fourth-order valence-corrected chi connectivity index (χ4v) is 3.95. The van der Waals surface area contributed by atoms with Crippen LogP contribution >= 0.6 is 0 Å². The molecule has 2 fully saturated rings. The first kappa shape index (κ1) is 17.9. The topological polar surface area (TPSA) is 40.6 Å². The second-order valence-corrected chi connectivity index (χ2v) is 7.31. The van der Waals surface area contributed by atoms with Crippen LogP contribution in [0, 0.1) is 11.7 Å². The van der Waals surface area contributed by atoms with Gasteiger partial charge in [-0.3, -0.25) is 9.59 Å². The lowest BCUT2D eigenvalue weighted by molar-refractivity contribution is -0.140. The molecule has 2 heterocycles. The summed E-state index contributed by atoms with van der Waals surface area (Å²) < 4.78 is 13.9. The van der Waals surface area contributed by atoms with E-state index in [-0.39, 0.29) is 29.5 Å². The smallest absolute Gasteiger partial charge is 0.225 e. The minimum Gasteiger partial charge on any atom is -0.343 e. The molecule has 3 rings (SSSR count). The molecule has 0 N–H and O–H groups in total. The van der Waals surface area contributed by atoms with Gasteiger partial charge < -0.3 is 9.80 Å². The zero-order valence-corrected chi connectivity index (χ0v) is 14.9. The third-order valence-electron chi connectivity index (χ3n) is 5.53. The molecule has 0 spiro atoms. The normalized spacial score (nSPS) is 19.9. The summed E-state index contributed by atoms with van der Waals surface area (Å²) in [5, 5.41) is 0. The molecule has 136 valence electrons. The van der Waals surface area contributed by atoms with Crippen LogP contribution in [-0.2, 0) is 9.59 Å². The molecule has 1 unspecified atom stereocenters. The molecule has 2 aliphatic rings. The number of rotatable bonds is 4. The lowest BCUT2D eigenvalue weighted by atomic mass is 9.93. The van der Waals surface area contributed by atoms with Crippen molar-refractivity contribution in [2.45, 2.75) is 44.9 Å². The summed E-state index contributed by atoms with van der Waals surface area (Å²) >= 11 is 0. The lowest BCUT2D eigenvalue weighted by Crippen LogP contribution is -2.44. The molecule has 0 radical (unpaired) electrons. The van der Waals surface area contributed by atoms with Crippen LogP contribution in [0.2, 0.25) is 0 Å². The molecule has 2 saturated heterocycles. The maximum atomic E-state index is 13.9. The Morgan fingerprint density at radius 2 is 1.72 bits per heavy atom. The number of halogens is 1. The molecule has 2 aliphatic heterocycles. The number of amides is 2. The van der Waals surface area contributed by atoms with Crippen molar-refractivity contribution in [3.05, 3.63) is 35.6 Å². The van der Waals surface area contributed by atoms with Crippen LogP contribution in [0.5, 0.6) is 0 Å². The Bertz CT molecular complexity index is 620. The molecule has 25 heavy (non-hydrogen) atoms. The van der Waals surface area contributed by atoms with Gasteiger partial charge in [0.05, 0.1) is 0 Å². The predicted molar refractivity (Wildman–Crippen MR) is 94.6 cm³/mol. The predicted octanol–water partition coefficient (Wildman–Crippen LogP) is 3.18. The number of carbonyl (C=O) groups is 2. The van der Waals surface area contributed by atoms with E-state index in [1.54, 1.807) is 18.2 Å². The van der Waals surface area contributed by atoms with Gasteiger partial charge in [-0.2, -0.15) is 0 Å². The zero-order valence-electron chi connectivity index (χ0n) is 14.9. The van der Waals surface area contributed by atoms with Gasteiger partial charge >= 0.3 is 0 Å². The highest BCUT2D eigenvalue weighted by molar-refractivity contribution is 5.80. The van der Waals surface area contributed by atoms with Crippen molar-refractivity contribution >= 4 is 11.8 Å². The summed E-state index contributed by atoms with van der Waals surface area (Å²) in [5.74, 6) is -0.00587. The molecule has 0 aliphatic carbocycles. The van der Waals surface area contributed by atoms with Crippen molar-refractivity contribution in [1.29, 1.82) is 0 Å². The van der Waals surface area contributed by atoms with Gasteiger partial charge in [0.1, 0.15) is 5.82 Å². The molecule has 0 saturated carbocycles. The van der Waals surface area contributed by atoms with Crippen molar-refractivity contribution in [3.63, 3.8) is 0 Å². The summed E-state index contributed by atoms with van der Waals surface area (Å²) in [7, 11) is 0. The van der Waals surface area contributed by atoms with Crippen LogP contribution in [-0.4, -0.2) is 47.8 Å². The number of likely N-dealkylation sites (tertiary alicyclic amines) is 2. The maximum Gasteiger partial charge on any atom is 0.225 e. The van der Waals surface area contributed by atoms with Crippen LogP contribution in [0.4, 0.5) is 4.39 Å². The van der Waals surface area contributed by atoms with E-state index in [2.05, 4.69) is 0 Å². The van der Waals surface area contributed by atoms with Gasteiger partial charge in [0, 0.05) is 38.5 Å². The first-order chi connectivity index (χ1) is 12.1. The van der Waals surface area contributed by atoms with Crippen molar-refractivity contribution in [2.75, 3.05) is 26.2 Å². The van der Waals surface area contributed by atoms with Gasteiger partial charge in [0.25, 0.3) is 0 Å². The fraction of sp³-hybridized carbons (Fsp3) is 0.600. The first-order valence-corrected chi connectivity index (χ1v) is 9.37. The second kappa shape index (κ2) is 7.98. The highest BCUT2D eigenvalue weighted by Gasteiger charge is 2.31. The second-order valence-electron chi connectivity index (χ2n) is 7.31. The van der Waals surface area contributed by atoms with Gasteiger partial charge in [-0.25, -0.2) is 4.39 Å². The SMILES string of the molecule is CC(CC(=O)N1CCC(C(=O)N2CCCC2)CC1)c1ccccc1F. The zero-order chi connectivity index (χ0) is 17.8. The van der Waals surface area contributed by atoms with Gasteiger partial charge in [0.15, 0.2) is 0 Å². The summed E-state index contributed by atoms with van der Waals surface area (Å²) in [6.07, 6.45) is 4.02. The van der Waals surface area contributed by atoms with E-state index in [1.807, 2.05) is 16.7 Å². The Hall–Kier alpha value is -1.91. The first-order valence-electron chi connectivity index (χ1n) is 9.37. The van der Waals surface area contributed by atoms with E-state index in [0.29, 0.717) is 25.1 Å². The molecule has 1 aromatic rings. The van der Waals surface area contributed by atoms with E-state index >= 15 is 0 Å². The minimum atomic E-state index is -0.252. The third kappa shape index (κ3) is 4.20. The maximum absolute atomic E-state index is 13.9. The van der Waals surface area contributed by atoms with Crippen LogP contribution in [0.1, 0.15) is 50.5 Å². The third-order valence-corrected chi connectivity index (χ3v) is 5.53. The molecule has 0 bridgehead atoms. The largest absolute Gasteiger partial charge is 0.343 e. The summed E-state index contributed by atoms with van der Waals surface area (Å²) in [6.45, 7) is 4.93. The Labute approximate surface area is 149 Å². The number of hydrogen-bond donors (Lipinski definition) is 0. The number of nitrogens with zero attached hydrogens (tertiary/aromatic N) is 2. The highest BCUT2D eigenvalue weighted by Crippen LogP contribution is 2.26. The van der Waals surface area contributed by atoms with Crippen molar-refractivity contribution in [3.8, 4) is 0 Å². The quantitative estimate of drug-likeness (QED) is 0.840. The number of benzene rings is 1. The Balaban J connectivity index is 1.50. The van der Waals surface area contributed by atoms with Crippen molar-refractivity contribution < 1.29 is 14.0 Å². The fourth-order valence-electron chi connectivity index (χ4n) is 3.95. The van der Waals surface area contributed by atoms with Crippen LogP contribution in [0.3, 0.4) is 0 Å². The van der Waals surface area contributed by atoms with Crippen LogP contribution < -0.4 is 0 Å². The molecule has 1 atom stereocenters. The molecular weight excluding hydrogens is 319 g/mol. The minimum absolute atomic E-state index is 0.0582. The van der Waals surface area contributed by atoms with Gasteiger partial charge in [0.2, 0.25) is 11.8 Å². The van der Waals surface area contributed by atoms with Crippen molar-refractivity contribution in [1.82, 2.24) is 9.80 Å². The van der Waals surface area contributed by atoms with Gasteiger partial charge in [-0.1, -0.05) is 25.1 Å². The average molecular weight is 346 g/mol. The Morgan fingerprint density at radius 1 is 1.08 bits per heavy atom. The number of piperidine rings is 1. The number of carbonyl (C=O) groups excluding carboxylic acids is 2. The van der Waals surface area contributed by atoms with E-state index in [9.17, 15) is 14.0 Å². The Morgan fingerprint density at radius 3 is 2.36 bits per heavy atom. The molecular formula is C20H27FN2O2. The van der Waals surface area contributed by atoms with Crippen LogP contribution in [0.25, 0.3) is 0 Å². The van der Waals surface area contributed by atoms with Crippen molar-refractivity contribution in [2.24, 2.45) is 5.92 Å². The number of hydrogen-bond acceptors (Lipinski definition) is 2. The lowest BCUT2D eigenvalue weighted by Gasteiger charge is -2.33. The standard InChI is InChI=1S/C20H27FN2O2/c1-15(17-6-2-3-7-18(17)21)14-19(24)22-12-8-16(9-13-22)20(25)23-10-4-5-11-23/h2-3,6-7,15-16H,4-5,8-14H2,1H3. The summed E-state index contributed by atoms with van der Waals surface area (Å²) in [5.41, 5.74) is 0.593. The van der Waals surface area contributed by atoms with Crippen LogP contribution in [0.15, 0.2) is 24.3 Å². The van der Waals surface area contributed by atoms with E-state index in [4.69, 9.17) is 0 Å². The molecule has 4 nitrogen and oxygen atoms in total. The van der Waals surface area contributed by atoms with E-state index in [1.165, 1.54) is 6.07 Å². The Kier molecular flexibility index (Phi) is 5.71. The van der Waals surface area contributed by atoms with Gasteiger partial charge in [-0.05, 0) is 43.2 Å².